The molecule has 0 atom stereocenters. The van der Waals surface area contributed by atoms with Gasteiger partial charge in [0.2, 0.25) is 0 Å². The van der Waals surface area contributed by atoms with Crippen LogP contribution >= 0.6 is 0 Å². The minimum absolute atomic E-state index is 0.0670. The number of sulfonamides is 1. The molecule has 0 radical (unpaired) electrons. The molecule has 0 spiro atoms. The molecule has 28 heavy (non-hydrogen) atoms. The van der Waals surface area contributed by atoms with Crippen molar-refractivity contribution in [2.24, 2.45) is 0 Å². The van der Waals surface area contributed by atoms with Crippen molar-refractivity contribution in [1.82, 2.24) is 4.90 Å². The molecule has 1 saturated carbocycles. The molecular weight excluding hydrogens is 372 g/mol. The van der Waals surface area contributed by atoms with Gasteiger partial charge in [-0.15, -0.1) is 0 Å². The van der Waals surface area contributed by atoms with Crippen molar-refractivity contribution in [3.8, 4) is 0 Å². The number of nitrogens with zero attached hydrogens (tertiary/aromatic N) is 1. The maximum absolute atomic E-state index is 12.9. The number of anilines is 1. The first kappa shape index (κ1) is 20.4. The van der Waals surface area contributed by atoms with Crippen LogP contribution in [-0.2, 0) is 10.0 Å². The Bertz CT molecular complexity index is 946. The molecule has 3 rings (SSSR count). The average molecular weight is 401 g/mol. The summed E-state index contributed by atoms with van der Waals surface area (Å²) in [4.78, 5) is 14.9. The van der Waals surface area contributed by atoms with Gasteiger partial charge in [0.15, 0.2) is 0 Å². The molecule has 0 unspecified atom stereocenters. The van der Waals surface area contributed by atoms with Gasteiger partial charge >= 0.3 is 0 Å². The molecule has 0 saturated heterocycles. The first-order valence-electron chi connectivity index (χ1n) is 9.75. The summed E-state index contributed by atoms with van der Waals surface area (Å²) in [6, 6.07) is 12.1. The molecule has 5 nitrogen and oxygen atoms in total. The Morgan fingerprint density at radius 3 is 2.29 bits per heavy atom. The zero-order valence-electron chi connectivity index (χ0n) is 16.7. The van der Waals surface area contributed by atoms with E-state index in [9.17, 15) is 13.2 Å². The summed E-state index contributed by atoms with van der Waals surface area (Å²) in [7, 11) is -1.87. The number of aryl methyl sites for hydroxylation is 2. The molecule has 0 aliphatic heterocycles. The average Bonchev–Trinajstić information content (AvgIpc) is 2.69. The van der Waals surface area contributed by atoms with Gasteiger partial charge in [-0.1, -0.05) is 43.0 Å². The maximum Gasteiger partial charge on any atom is 0.261 e. The highest BCUT2D eigenvalue weighted by molar-refractivity contribution is 7.92. The Morgan fingerprint density at radius 1 is 1.00 bits per heavy atom. The van der Waals surface area contributed by atoms with E-state index in [4.69, 9.17) is 0 Å². The van der Waals surface area contributed by atoms with Crippen molar-refractivity contribution in [2.75, 3.05) is 11.8 Å². The van der Waals surface area contributed by atoms with Gasteiger partial charge in [-0.3, -0.25) is 9.52 Å². The van der Waals surface area contributed by atoms with Gasteiger partial charge in [0.1, 0.15) is 0 Å². The third-order valence-electron chi connectivity index (χ3n) is 5.50. The Kier molecular flexibility index (Phi) is 6.08. The molecule has 1 aliphatic carbocycles. The number of benzene rings is 2. The Balaban J connectivity index is 1.83. The second-order valence-electron chi connectivity index (χ2n) is 7.66. The molecule has 150 valence electrons. The van der Waals surface area contributed by atoms with Crippen LogP contribution in [-0.4, -0.2) is 32.3 Å². The topological polar surface area (TPSA) is 66.5 Å². The summed E-state index contributed by atoms with van der Waals surface area (Å²) < 4.78 is 28.1. The van der Waals surface area contributed by atoms with Crippen molar-refractivity contribution < 1.29 is 13.2 Å². The Morgan fingerprint density at radius 2 is 1.64 bits per heavy atom. The first-order valence-corrected chi connectivity index (χ1v) is 11.2. The smallest absolute Gasteiger partial charge is 0.261 e. The van der Waals surface area contributed by atoms with Crippen LogP contribution in [0.5, 0.6) is 0 Å². The predicted molar refractivity (Wildman–Crippen MR) is 112 cm³/mol. The van der Waals surface area contributed by atoms with Crippen LogP contribution in [0.25, 0.3) is 0 Å². The van der Waals surface area contributed by atoms with Gasteiger partial charge in [-0.2, -0.15) is 0 Å². The van der Waals surface area contributed by atoms with E-state index in [1.54, 1.807) is 42.5 Å². The van der Waals surface area contributed by atoms with Crippen molar-refractivity contribution in [3.63, 3.8) is 0 Å². The molecule has 6 heteroatoms. The van der Waals surface area contributed by atoms with Crippen molar-refractivity contribution in [1.29, 1.82) is 0 Å². The van der Waals surface area contributed by atoms with Crippen LogP contribution < -0.4 is 4.72 Å². The van der Waals surface area contributed by atoms with Crippen LogP contribution in [0.1, 0.15) is 53.6 Å². The summed E-state index contributed by atoms with van der Waals surface area (Å²) in [5.41, 5.74) is 2.70. The number of carbonyl (C=O) groups is 1. The molecule has 2 aromatic rings. The molecule has 0 aromatic heterocycles. The van der Waals surface area contributed by atoms with E-state index in [0.29, 0.717) is 11.3 Å². The van der Waals surface area contributed by atoms with Crippen LogP contribution in [0.2, 0.25) is 0 Å². The number of carbonyl (C=O) groups excluding carboxylic acids is 1. The SMILES string of the molecule is Cc1ccc(S(=O)(=O)Nc2cc(C(=O)N(C)C3CCCCC3)ccc2C)cc1. The summed E-state index contributed by atoms with van der Waals surface area (Å²) >= 11 is 0. The minimum atomic E-state index is -3.71. The molecule has 1 amide bonds. The Hall–Kier alpha value is -2.34. The van der Waals surface area contributed by atoms with Crippen molar-refractivity contribution in [2.45, 2.75) is 56.9 Å². The van der Waals surface area contributed by atoms with Crippen molar-refractivity contribution >= 4 is 21.6 Å². The summed E-state index contributed by atoms with van der Waals surface area (Å²) in [5.74, 6) is -0.0670. The van der Waals surface area contributed by atoms with E-state index >= 15 is 0 Å². The maximum atomic E-state index is 12.9. The zero-order valence-corrected chi connectivity index (χ0v) is 17.6. The first-order chi connectivity index (χ1) is 13.3. The normalized spacial score (nSPS) is 15.2. The number of rotatable bonds is 5. The largest absolute Gasteiger partial charge is 0.339 e. The Labute approximate surface area is 167 Å². The summed E-state index contributed by atoms with van der Waals surface area (Å²) in [5, 5.41) is 0. The predicted octanol–water partition coefficient (Wildman–Crippen LogP) is 4.51. The molecule has 2 aromatic carbocycles. The van der Waals surface area contributed by atoms with Crippen molar-refractivity contribution in [3.05, 3.63) is 59.2 Å². The fourth-order valence-corrected chi connectivity index (χ4v) is 4.75. The highest BCUT2D eigenvalue weighted by Gasteiger charge is 2.24. The second-order valence-corrected chi connectivity index (χ2v) is 9.34. The third kappa shape index (κ3) is 4.55. The van der Waals surface area contributed by atoms with Gasteiger partial charge in [-0.05, 0) is 56.5 Å². The highest BCUT2D eigenvalue weighted by atomic mass is 32.2. The molecule has 1 fully saturated rings. The van der Waals surface area contributed by atoms with Crippen LogP contribution in [0.3, 0.4) is 0 Å². The second kappa shape index (κ2) is 8.35. The highest BCUT2D eigenvalue weighted by Crippen LogP contribution is 2.25. The van der Waals surface area contributed by atoms with Crippen LogP contribution in [0, 0.1) is 13.8 Å². The van der Waals surface area contributed by atoms with Gasteiger partial charge in [0, 0.05) is 18.7 Å². The zero-order chi connectivity index (χ0) is 20.3. The van der Waals surface area contributed by atoms with Gasteiger partial charge in [0.05, 0.1) is 10.6 Å². The number of hydrogen-bond donors (Lipinski definition) is 1. The summed E-state index contributed by atoms with van der Waals surface area (Å²) in [6.45, 7) is 3.73. The van der Waals surface area contributed by atoms with E-state index in [2.05, 4.69) is 4.72 Å². The lowest BCUT2D eigenvalue weighted by molar-refractivity contribution is 0.0696. The lowest BCUT2D eigenvalue weighted by Crippen LogP contribution is -2.38. The fourth-order valence-electron chi connectivity index (χ4n) is 3.62. The van der Waals surface area contributed by atoms with E-state index < -0.39 is 10.0 Å². The standard InChI is InChI=1S/C22H28N2O3S/c1-16-9-13-20(14-10-16)28(26,27)23-21-15-18(12-11-17(21)2)22(25)24(3)19-7-5-4-6-8-19/h9-15,19,23H,4-8H2,1-3H3. The molecule has 0 bridgehead atoms. The van der Waals surface area contributed by atoms with Crippen LogP contribution in [0.15, 0.2) is 47.4 Å². The van der Waals surface area contributed by atoms with Gasteiger partial charge in [-0.25, -0.2) is 8.42 Å². The van der Waals surface area contributed by atoms with E-state index in [-0.39, 0.29) is 16.8 Å². The third-order valence-corrected chi connectivity index (χ3v) is 6.88. The van der Waals surface area contributed by atoms with E-state index in [1.165, 1.54) is 6.42 Å². The summed E-state index contributed by atoms with van der Waals surface area (Å²) in [6.07, 6.45) is 5.59. The van der Waals surface area contributed by atoms with E-state index in [0.717, 1.165) is 36.8 Å². The monoisotopic (exact) mass is 400 g/mol. The molecule has 1 N–H and O–H groups in total. The molecule has 1 aliphatic rings. The van der Waals surface area contributed by atoms with Gasteiger partial charge in [0.25, 0.3) is 15.9 Å². The van der Waals surface area contributed by atoms with E-state index in [1.807, 2.05) is 25.8 Å². The number of hydrogen-bond acceptors (Lipinski definition) is 3. The van der Waals surface area contributed by atoms with Crippen LogP contribution in [0.4, 0.5) is 5.69 Å². The lowest BCUT2D eigenvalue weighted by atomic mass is 9.94. The number of nitrogens with one attached hydrogen (secondary N) is 1. The molecule has 0 heterocycles. The number of amides is 1. The minimum Gasteiger partial charge on any atom is -0.339 e. The molecular formula is C22H28N2O3S. The van der Waals surface area contributed by atoms with Gasteiger partial charge < -0.3 is 4.90 Å². The fraction of sp³-hybridized carbons (Fsp3) is 0.409. The quantitative estimate of drug-likeness (QED) is 0.803. The lowest BCUT2D eigenvalue weighted by Gasteiger charge is -2.31.